The van der Waals surface area contributed by atoms with Crippen molar-refractivity contribution in [1.29, 1.82) is 0 Å². The van der Waals surface area contributed by atoms with Gasteiger partial charge in [-0.2, -0.15) is 0 Å². The highest BCUT2D eigenvalue weighted by molar-refractivity contribution is 4.53. The lowest BCUT2D eigenvalue weighted by atomic mass is 10.4. The zero-order valence-electron chi connectivity index (χ0n) is 7.87. The summed E-state index contributed by atoms with van der Waals surface area (Å²) < 4.78 is 5.18. The highest BCUT2D eigenvalue weighted by Crippen LogP contribution is 2.01. The van der Waals surface area contributed by atoms with E-state index in [2.05, 4.69) is 18.7 Å². The lowest BCUT2D eigenvalue weighted by Crippen LogP contribution is -2.36. The van der Waals surface area contributed by atoms with Crippen molar-refractivity contribution in [1.82, 2.24) is 4.90 Å². The van der Waals surface area contributed by atoms with E-state index in [1.807, 2.05) is 6.92 Å². The molecule has 3 heteroatoms. The van der Waals surface area contributed by atoms with E-state index in [4.69, 9.17) is 9.84 Å². The van der Waals surface area contributed by atoms with Crippen molar-refractivity contribution in [3.8, 4) is 0 Å². The second kappa shape index (κ2) is 5.52. The van der Waals surface area contributed by atoms with Gasteiger partial charge < -0.3 is 9.84 Å². The van der Waals surface area contributed by atoms with Crippen LogP contribution in [0.2, 0.25) is 0 Å². The van der Waals surface area contributed by atoms with Crippen LogP contribution in [0.15, 0.2) is 0 Å². The first-order valence-electron chi connectivity index (χ1n) is 4.19. The van der Waals surface area contributed by atoms with Gasteiger partial charge in [-0.3, -0.25) is 4.90 Å². The van der Waals surface area contributed by atoms with Crippen LogP contribution in [0.1, 0.15) is 27.7 Å². The topological polar surface area (TPSA) is 32.7 Å². The summed E-state index contributed by atoms with van der Waals surface area (Å²) in [6, 6.07) is 0. The molecule has 0 bridgehead atoms. The zero-order valence-corrected chi connectivity index (χ0v) is 7.87. The Labute approximate surface area is 69.0 Å². The maximum Gasteiger partial charge on any atom is 0.153 e. The van der Waals surface area contributed by atoms with Crippen molar-refractivity contribution < 1.29 is 9.84 Å². The molecule has 68 valence electrons. The summed E-state index contributed by atoms with van der Waals surface area (Å²) in [4.78, 5) is 2.13. The molecule has 0 spiro atoms. The van der Waals surface area contributed by atoms with Crippen LogP contribution in [0.3, 0.4) is 0 Å². The van der Waals surface area contributed by atoms with E-state index < -0.39 is 6.29 Å². The average molecular weight is 161 g/mol. The van der Waals surface area contributed by atoms with Gasteiger partial charge in [0.25, 0.3) is 0 Å². The Hall–Kier alpha value is -0.120. The van der Waals surface area contributed by atoms with Gasteiger partial charge in [0, 0.05) is 0 Å². The first-order chi connectivity index (χ1) is 5.11. The minimum atomic E-state index is -0.675. The van der Waals surface area contributed by atoms with Gasteiger partial charge >= 0.3 is 0 Å². The minimum Gasteiger partial charge on any atom is -0.368 e. The van der Waals surface area contributed by atoms with Gasteiger partial charge in [0.1, 0.15) is 6.23 Å². The third-order valence-electron chi connectivity index (χ3n) is 1.72. The lowest BCUT2D eigenvalue weighted by Gasteiger charge is -2.27. The van der Waals surface area contributed by atoms with Crippen LogP contribution in [0, 0.1) is 0 Å². The van der Waals surface area contributed by atoms with Gasteiger partial charge in [0.15, 0.2) is 6.29 Å². The second-order valence-electron chi connectivity index (χ2n) is 2.56. The van der Waals surface area contributed by atoms with Gasteiger partial charge in [-0.05, 0) is 26.9 Å². The molecule has 0 aromatic heterocycles. The summed E-state index contributed by atoms with van der Waals surface area (Å²) in [5.74, 6) is 0. The van der Waals surface area contributed by atoms with Crippen LogP contribution in [-0.2, 0) is 4.74 Å². The lowest BCUT2D eigenvalue weighted by molar-refractivity contribution is -0.164. The van der Waals surface area contributed by atoms with Gasteiger partial charge in [-0.1, -0.05) is 13.8 Å². The van der Waals surface area contributed by atoms with E-state index in [0.717, 1.165) is 13.1 Å². The van der Waals surface area contributed by atoms with E-state index in [9.17, 15) is 0 Å². The van der Waals surface area contributed by atoms with Crippen molar-refractivity contribution in [2.45, 2.75) is 40.2 Å². The third kappa shape index (κ3) is 4.35. The molecule has 0 aliphatic rings. The van der Waals surface area contributed by atoms with Crippen molar-refractivity contribution in [2.75, 3.05) is 13.1 Å². The highest BCUT2D eigenvalue weighted by Gasteiger charge is 2.11. The molecule has 0 aliphatic heterocycles. The molecule has 11 heavy (non-hydrogen) atoms. The first kappa shape index (κ1) is 10.9. The van der Waals surface area contributed by atoms with Gasteiger partial charge in [-0.25, -0.2) is 0 Å². The molecule has 2 atom stereocenters. The molecule has 0 aromatic carbocycles. The summed E-state index contributed by atoms with van der Waals surface area (Å²) in [5, 5.41) is 8.91. The molecule has 0 rings (SSSR count). The molecule has 0 fully saturated rings. The largest absolute Gasteiger partial charge is 0.368 e. The predicted octanol–water partition coefficient (Wildman–Crippen LogP) is 1.03. The Morgan fingerprint density at radius 1 is 1.27 bits per heavy atom. The van der Waals surface area contributed by atoms with E-state index in [1.165, 1.54) is 0 Å². The van der Waals surface area contributed by atoms with Crippen LogP contribution >= 0.6 is 0 Å². The SMILES string of the molecule is CCN(CC)C(C)OC(C)O. The molecule has 0 amide bonds. The molecule has 0 radical (unpaired) electrons. The van der Waals surface area contributed by atoms with E-state index >= 15 is 0 Å². The molecule has 1 N–H and O–H groups in total. The Morgan fingerprint density at radius 3 is 2.00 bits per heavy atom. The number of hydrogen-bond acceptors (Lipinski definition) is 3. The number of hydrogen-bond donors (Lipinski definition) is 1. The zero-order chi connectivity index (χ0) is 8.85. The normalized spacial score (nSPS) is 16.9. The van der Waals surface area contributed by atoms with Gasteiger partial charge in [0.05, 0.1) is 0 Å². The van der Waals surface area contributed by atoms with Gasteiger partial charge in [-0.15, -0.1) is 0 Å². The smallest absolute Gasteiger partial charge is 0.153 e. The van der Waals surface area contributed by atoms with Crippen molar-refractivity contribution >= 4 is 0 Å². The number of nitrogens with zero attached hydrogens (tertiary/aromatic N) is 1. The summed E-state index contributed by atoms with van der Waals surface area (Å²) in [7, 11) is 0. The summed E-state index contributed by atoms with van der Waals surface area (Å²) in [6.45, 7) is 9.62. The fraction of sp³-hybridized carbons (Fsp3) is 1.00. The van der Waals surface area contributed by atoms with Crippen molar-refractivity contribution in [3.05, 3.63) is 0 Å². The van der Waals surface area contributed by atoms with Crippen LogP contribution in [0.5, 0.6) is 0 Å². The molecule has 0 heterocycles. The Balaban J connectivity index is 3.68. The fourth-order valence-electron chi connectivity index (χ4n) is 1.11. The maximum absolute atomic E-state index is 8.91. The molecule has 0 aliphatic carbocycles. The fourth-order valence-corrected chi connectivity index (χ4v) is 1.11. The Morgan fingerprint density at radius 2 is 1.73 bits per heavy atom. The average Bonchev–Trinajstić information content (AvgIpc) is 1.88. The predicted molar refractivity (Wildman–Crippen MR) is 45.1 cm³/mol. The molecular formula is C8H19NO2. The highest BCUT2D eigenvalue weighted by atomic mass is 16.6. The third-order valence-corrected chi connectivity index (χ3v) is 1.72. The molecule has 2 unspecified atom stereocenters. The molecule has 3 nitrogen and oxygen atoms in total. The van der Waals surface area contributed by atoms with Crippen LogP contribution in [0.4, 0.5) is 0 Å². The van der Waals surface area contributed by atoms with Crippen LogP contribution < -0.4 is 0 Å². The minimum absolute atomic E-state index is 0.00463. The molecule has 0 aromatic rings. The number of aliphatic hydroxyl groups excluding tert-OH is 1. The Kier molecular flexibility index (Phi) is 5.46. The summed E-state index contributed by atoms with van der Waals surface area (Å²) >= 11 is 0. The van der Waals surface area contributed by atoms with E-state index in [-0.39, 0.29) is 6.23 Å². The molecular weight excluding hydrogens is 142 g/mol. The summed E-state index contributed by atoms with van der Waals surface area (Å²) in [6.07, 6.45) is -0.671. The molecule has 0 saturated heterocycles. The van der Waals surface area contributed by atoms with Crippen LogP contribution in [-0.4, -0.2) is 35.6 Å². The van der Waals surface area contributed by atoms with Crippen molar-refractivity contribution in [2.24, 2.45) is 0 Å². The quantitative estimate of drug-likeness (QED) is 0.611. The van der Waals surface area contributed by atoms with E-state index in [0.29, 0.717) is 0 Å². The number of rotatable bonds is 5. The summed E-state index contributed by atoms with van der Waals surface area (Å²) in [5.41, 5.74) is 0. The second-order valence-corrected chi connectivity index (χ2v) is 2.56. The van der Waals surface area contributed by atoms with Crippen LogP contribution in [0.25, 0.3) is 0 Å². The Bertz CT molecular complexity index is 92.1. The van der Waals surface area contributed by atoms with Crippen molar-refractivity contribution in [3.63, 3.8) is 0 Å². The monoisotopic (exact) mass is 161 g/mol. The maximum atomic E-state index is 8.91. The standard InChI is InChI=1S/C8H19NO2/c1-5-9(6-2)7(3)11-8(4)10/h7-8,10H,5-6H2,1-4H3. The number of ether oxygens (including phenoxy) is 1. The van der Waals surface area contributed by atoms with Gasteiger partial charge in [0.2, 0.25) is 0 Å². The number of aliphatic hydroxyl groups is 1. The first-order valence-corrected chi connectivity index (χ1v) is 4.19. The molecule has 0 saturated carbocycles. The van der Waals surface area contributed by atoms with E-state index in [1.54, 1.807) is 6.92 Å².